The van der Waals surface area contributed by atoms with Crippen LogP contribution in [0.15, 0.2) is 23.8 Å². The number of hydrogen-bond donors (Lipinski definition) is 1. The van der Waals surface area contributed by atoms with E-state index in [0.717, 1.165) is 30.2 Å². The van der Waals surface area contributed by atoms with Crippen molar-refractivity contribution in [2.45, 2.75) is 78.6 Å². The van der Waals surface area contributed by atoms with Crippen LogP contribution in [-0.2, 0) is 0 Å². The molecule has 3 fully saturated rings. The average Bonchev–Trinajstić information content (AvgIpc) is 3.04. The fourth-order valence-corrected chi connectivity index (χ4v) is 8.25. The van der Waals surface area contributed by atoms with E-state index in [9.17, 15) is 5.11 Å². The first-order chi connectivity index (χ1) is 13.4. The summed E-state index contributed by atoms with van der Waals surface area (Å²) in [6.45, 7) is 8.72. The van der Waals surface area contributed by atoms with E-state index >= 15 is 0 Å². The molecule has 4 rings (SSSR count). The first-order valence-electron chi connectivity index (χ1n) is 12.1. The van der Waals surface area contributed by atoms with Gasteiger partial charge in [-0.15, -0.1) is 0 Å². The van der Waals surface area contributed by atoms with Gasteiger partial charge in [-0.1, -0.05) is 51.0 Å². The average molecular weight is 386 g/mol. The quantitative estimate of drug-likeness (QED) is 0.461. The highest BCUT2D eigenvalue weighted by Crippen LogP contribution is 2.67. The molecule has 4 aliphatic rings. The molecule has 0 aromatic rings. The molecule has 2 nitrogen and oxygen atoms in total. The van der Waals surface area contributed by atoms with Crippen molar-refractivity contribution in [3.8, 4) is 0 Å². The Morgan fingerprint density at radius 2 is 2.00 bits per heavy atom. The SMILES string of the molecule is C[C@H](C=CCN(C)CO)[C@H]1CC[C@H]2[C@@H]3CC=C4CCCC[C@]4(C)[C@H]3CC[C@]12C. The Morgan fingerprint density at radius 3 is 2.79 bits per heavy atom. The lowest BCUT2D eigenvalue weighted by Crippen LogP contribution is -2.49. The normalized spacial score (nSPS) is 44.1. The van der Waals surface area contributed by atoms with Gasteiger partial charge >= 0.3 is 0 Å². The number of hydrogen-bond acceptors (Lipinski definition) is 2. The van der Waals surface area contributed by atoms with Crippen LogP contribution in [0.4, 0.5) is 0 Å². The predicted octanol–water partition coefficient (Wildman–Crippen LogP) is 6.03. The lowest BCUT2D eigenvalue weighted by Gasteiger charge is -2.58. The summed E-state index contributed by atoms with van der Waals surface area (Å²) in [5.74, 6) is 4.31. The molecule has 3 saturated carbocycles. The Balaban J connectivity index is 1.50. The van der Waals surface area contributed by atoms with E-state index in [-0.39, 0.29) is 6.73 Å². The third-order valence-corrected chi connectivity index (χ3v) is 9.82. The van der Waals surface area contributed by atoms with Crippen molar-refractivity contribution in [2.75, 3.05) is 20.3 Å². The minimum Gasteiger partial charge on any atom is -0.381 e. The Morgan fingerprint density at radius 1 is 1.18 bits per heavy atom. The van der Waals surface area contributed by atoms with Crippen LogP contribution in [-0.4, -0.2) is 30.3 Å². The summed E-state index contributed by atoms with van der Waals surface area (Å²) < 4.78 is 0. The van der Waals surface area contributed by atoms with E-state index < -0.39 is 0 Å². The molecule has 0 bridgehead atoms. The van der Waals surface area contributed by atoms with Crippen LogP contribution in [0.1, 0.15) is 78.6 Å². The van der Waals surface area contributed by atoms with Crippen molar-refractivity contribution in [3.63, 3.8) is 0 Å². The van der Waals surface area contributed by atoms with E-state index in [1.54, 1.807) is 0 Å². The Bertz CT molecular complexity index is 624. The third-order valence-electron chi connectivity index (χ3n) is 9.82. The maximum atomic E-state index is 9.21. The summed E-state index contributed by atoms with van der Waals surface area (Å²) in [6.07, 6.45) is 20.3. The van der Waals surface area contributed by atoms with Gasteiger partial charge in [-0.2, -0.15) is 0 Å². The van der Waals surface area contributed by atoms with E-state index in [2.05, 4.69) is 39.0 Å². The predicted molar refractivity (Wildman–Crippen MR) is 118 cm³/mol. The maximum Gasteiger partial charge on any atom is 0.0956 e. The number of likely N-dealkylation sites (N-methyl/N-ethyl adjacent to an activating group) is 1. The molecule has 158 valence electrons. The van der Waals surface area contributed by atoms with Gasteiger partial charge in [0.2, 0.25) is 0 Å². The van der Waals surface area contributed by atoms with Crippen LogP contribution in [0, 0.1) is 40.4 Å². The summed E-state index contributed by atoms with van der Waals surface area (Å²) in [6, 6.07) is 0. The second-order valence-electron chi connectivity index (χ2n) is 11.2. The second kappa shape index (κ2) is 7.91. The number of aliphatic hydroxyl groups is 1. The summed E-state index contributed by atoms with van der Waals surface area (Å²) in [5.41, 5.74) is 2.90. The highest BCUT2D eigenvalue weighted by molar-refractivity contribution is 5.24. The van der Waals surface area contributed by atoms with Gasteiger partial charge in [0.25, 0.3) is 0 Å². The molecular formula is C26H43NO. The van der Waals surface area contributed by atoms with Crippen molar-refractivity contribution >= 4 is 0 Å². The fraction of sp³-hybridized carbons (Fsp3) is 0.846. The van der Waals surface area contributed by atoms with Crippen molar-refractivity contribution in [2.24, 2.45) is 40.4 Å². The van der Waals surface area contributed by atoms with Gasteiger partial charge in [0.15, 0.2) is 0 Å². The largest absolute Gasteiger partial charge is 0.381 e. The zero-order valence-corrected chi connectivity index (χ0v) is 18.8. The van der Waals surface area contributed by atoms with Crippen molar-refractivity contribution < 1.29 is 5.11 Å². The number of nitrogens with zero attached hydrogens (tertiary/aromatic N) is 1. The molecule has 0 radical (unpaired) electrons. The summed E-state index contributed by atoms with van der Waals surface area (Å²) in [4.78, 5) is 1.95. The zero-order valence-electron chi connectivity index (χ0n) is 18.8. The van der Waals surface area contributed by atoms with Crippen LogP contribution in [0.2, 0.25) is 0 Å². The van der Waals surface area contributed by atoms with Crippen LogP contribution in [0.25, 0.3) is 0 Å². The van der Waals surface area contributed by atoms with Gasteiger partial charge in [-0.3, -0.25) is 4.90 Å². The highest BCUT2D eigenvalue weighted by Gasteiger charge is 2.58. The third kappa shape index (κ3) is 3.33. The number of aliphatic hydroxyl groups excluding tert-OH is 1. The number of allylic oxidation sites excluding steroid dienone is 3. The second-order valence-corrected chi connectivity index (χ2v) is 11.2. The van der Waals surface area contributed by atoms with E-state index in [0.29, 0.717) is 16.7 Å². The van der Waals surface area contributed by atoms with Gasteiger partial charge in [0, 0.05) is 6.54 Å². The van der Waals surface area contributed by atoms with E-state index in [4.69, 9.17) is 0 Å². The minimum atomic E-state index is 0.138. The van der Waals surface area contributed by atoms with Gasteiger partial charge in [0.05, 0.1) is 6.73 Å². The van der Waals surface area contributed by atoms with Gasteiger partial charge in [-0.05, 0) is 98.8 Å². The fourth-order valence-electron chi connectivity index (χ4n) is 8.25. The molecule has 28 heavy (non-hydrogen) atoms. The Kier molecular flexibility index (Phi) is 5.84. The molecule has 2 heteroatoms. The molecule has 0 saturated heterocycles. The molecule has 0 aromatic carbocycles. The summed E-state index contributed by atoms with van der Waals surface area (Å²) in [7, 11) is 1.97. The molecular weight excluding hydrogens is 342 g/mol. The van der Waals surface area contributed by atoms with Crippen molar-refractivity contribution in [3.05, 3.63) is 23.8 Å². The molecule has 7 atom stereocenters. The first kappa shape index (κ1) is 20.7. The standard InChI is InChI=1S/C26H43NO/c1-19(8-7-17-27(4)18-28)22-12-13-23-21-11-10-20-9-5-6-15-25(20,2)24(21)14-16-26(22,23)3/h7-8,10,19,21-24,28H,5-6,9,11-18H2,1-4H3/t19-,21+,22-,23+,24+,25+,26-/m1/s1. The molecule has 0 aliphatic heterocycles. The topological polar surface area (TPSA) is 23.5 Å². The molecule has 0 amide bonds. The lowest BCUT2D eigenvalue weighted by atomic mass is 9.47. The molecule has 0 aromatic heterocycles. The summed E-state index contributed by atoms with van der Waals surface area (Å²) >= 11 is 0. The van der Waals surface area contributed by atoms with E-state index in [1.165, 1.54) is 57.8 Å². The monoisotopic (exact) mass is 385 g/mol. The molecule has 1 N–H and O–H groups in total. The maximum absolute atomic E-state index is 9.21. The van der Waals surface area contributed by atoms with Crippen molar-refractivity contribution in [1.29, 1.82) is 0 Å². The molecule has 0 unspecified atom stereocenters. The summed E-state index contributed by atoms with van der Waals surface area (Å²) in [5, 5.41) is 9.21. The highest BCUT2D eigenvalue weighted by atomic mass is 16.3. The Hall–Kier alpha value is -0.600. The smallest absolute Gasteiger partial charge is 0.0956 e. The lowest BCUT2D eigenvalue weighted by molar-refractivity contribution is -0.0462. The molecule has 0 heterocycles. The molecule has 0 spiro atoms. The van der Waals surface area contributed by atoms with Crippen LogP contribution in [0.5, 0.6) is 0 Å². The van der Waals surface area contributed by atoms with Crippen LogP contribution >= 0.6 is 0 Å². The van der Waals surface area contributed by atoms with Gasteiger partial charge in [-0.25, -0.2) is 0 Å². The van der Waals surface area contributed by atoms with Gasteiger partial charge in [0.1, 0.15) is 0 Å². The first-order valence-corrected chi connectivity index (χ1v) is 12.1. The molecule has 4 aliphatic carbocycles. The number of rotatable bonds is 5. The minimum absolute atomic E-state index is 0.138. The van der Waals surface area contributed by atoms with Crippen molar-refractivity contribution in [1.82, 2.24) is 4.90 Å². The Labute approximate surface area is 173 Å². The van der Waals surface area contributed by atoms with Crippen LogP contribution < -0.4 is 0 Å². The zero-order chi connectivity index (χ0) is 19.9. The van der Waals surface area contributed by atoms with E-state index in [1.807, 2.05) is 17.5 Å². The van der Waals surface area contributed by atoms with Crippen LogP contribution in [0.3, 0.4) is 0 Å². The number of fused-ring (bicyclic) bond motifs is 5. The van der Waals surface area contributed by atoms with Gasteiger partial charge < -0.3 is 5.11 Å².